The van der Waals surface area contributed by atoms with Gasteiger partial charge in [-0.05, 0) is 17.0 Å². The fourth-order valence-electron chi connectivity index (χ4n) is 2.53. The van der Waals surface area contributed by atoms with E-state index in [0.717, 1.165) is 6.54 Å². The van der Waals surface area contributed by atoms with E-state index in [4.69, 9.17) is 0 Å². The zero-order valence-corrected chi connectivity index (χ0v) is 11.9. The molecule has 1 fully saturated rings. The average molecular weight is 247 g/mol. The number of hydrogen-bond acceptors (Lipinski definition) is 3. The molecule has 2 rings (SSSR count). The predicted molar refractivity (Wildman–Crippen MR) is 75.4 cm³/mol. The van der Waals surface area contributed by atoms with Crippen LogP contribution in [0.3, 0.4) is 0 Å². The fraction of sp³-hybridized carbons (Fsp3) is 0.667. The molecule has 0 aromatic carbocycles. The first-order valence-corrected chi connectivity index (χ1v) is 6.86. The molecule has 0 spiro atoms. The summed E-state index contributed by atoms with van der Waals surface area (Å²) in [5, 5.41) is 0. The molecule has 0 saturated carbocycles. The highest BCUT2D eigenvalue weighted by Crippen LogP contribution is 2.17. The van der Waals surface area contributed by atoms with E-state index in [9.17, 15) is 0 Å². The zero-order valence-electron chi connectivity index (χ0n) is 11.9. The summed E-state index contributed by atoms with van der Waals surface area (Å²) in [6.45, 7) is 13.9. The Morgan fingerprint density at radius 1 is 1.11 bits per heavy atom. The summed E-state index contributed by atoms with van der Waals surface area (Å²) in [4.78, 5) is 9.28. The molecule has 3 nitrogen and oxygen atoms in total. The van der Waals surface area contributed by atoms with Gasteiger partial charge in [-0.2, -0.15) is 0 Å². The third kappa shape index (κ3) is 4.39. The summed E-state index contributed by atoms with van der Waals surface area (Å²) in [7, 11) is 0. The first-order chi connectivity index (χ1) is 8.53. The second kappa shape index (κ2) is 5.81. The minimum absolute atomic E-state index is 0.408. The zero-order chi connectivity index (χ0) is 13.0. The van der Waals surface area contributed by atoms with E-state index in [1.54, 1.807) is 0 Å². The number of pyridine rings is 1. The highest BCUT2D eigenvalue weighted by Gasteiger charge is 2.21. The van der Waals surface area contributed by atoms with Gasteiger partial charge in [0.2, 0.25) is 0 Å². The van der Waals surface area contributed by atoms with E-state index in [2.05, 4.69) is 41.6 Å². The van der Waals surface area contributed by atoms with E-state index in [-0.39, 0.29) is 0 Å². The Kier molecular flexibility index (Phi) is 4.36. The lowest BCUT2D eigenvalue weighted by Gasteiger charge is -2.37. The third-order valence-corrected chi connectivity index (χ3v) is 3.29. The molecule has 0 radical (unpaired) electrons. The van der Waals surface area contributed by atoms with Crippen LogP contribution in [-0.4, -0.2) is 47.5 Å². The molecule has 0 unspecified atom stereocenters. The van der Waals surface area contributed by atoms with Crippen LogP contribution in [0.2, 0.25) is 0 Å². The quantitative estimate of drug-likeness (QED) is 0.816. The van der Waals surface area contributed by atoms with Gasteiger partial charge in [0.25, 0.3) is 0 Å². The molecule has 2 heterocycles. The van der Waals surface area contributed by atoms with E-state index < -0.39 is 0 Å². The molecular formula is C15H25N3. The van der Waals surface area contributed by atoms with Crippen molar-refractivity contribution in [3.63, 3.8) is 0 Å². The molecule has 1 aliphatic heterocycles. The van der Waals surface area contributed by atoms with Crippen molar-refractivity contribution in [2.24, 2.45) is 5.41 Å². The summed E-state index contributed by atoms with van der Waals surface area (Å²) in [5.74, 6) is 0. The Morgan fingerprint density at radius 3 is 2.33 bits per heavy atom. The summed E-state index contributed by atoms with van der Waals surface area (Å²) in [5.41, 5.74) is 1.73. The van der Waals surface area contributed by atoms with Crippen molar-refractivity contribution in [2.75, 3.05) is 32.7 Å². The summed E-state index contributed by atoms with van der Waals surface area (Å²) >= 11 is 0. The van der Waals surface area contributed by atoms with E-state index in [0.29, 0.717) is 5.41 Å². The molecule has 0 atom stereocenters. The number of piperazine rings is 1. The second-order valence-corrected chi connectivity index (χ2v) is 6.47. The number of rotatable bonds is 3. The van der Waals surface area contributed by atoms with Gasteiger partial charge in [-0.3, -0.25) is 9.88 Å². The normalized spacial score (nSPS) is 19.1. The van der Waals surface area contributed by atoms with Crippen LogP contribution in [0, 0.1) is 5.41 Å². The van der Waals surface area contributed by atoms with Crippen LogP contribution in [0.25, 0.3) is 0 Å². The van der Waals surface area contributed by atoms with Gasteiger partial charge in [-0.1, -0.05) is 26.8 Å². The monoisotopic (exact) mass is 247 g/mol. The lowest BCUT2D eigenvalue weighted by atomic mass is 9.96. The molecule has 1 aliphatic rings. The molecular weight excluding hydrogens is 222 g/mol. The smallest absolute Gasteiger partial charge is 0.0312 e. The van der Waals surface area contributed by atoms with Crippen LogP contribution in [-0.2, 0) is 6.54 Å². The second-order valence-electron chi connectivity index (χ2n) is 6.47. The first kappa shape index (κ1) is 13.5. The lowest BCUT2D eigenvalue weighted by Crippen LogP contribution is -2.48. The highest BCUT2D eigenvalue weighted by molar-refractivity contribution is 5.08. The molecule has 1 aromatic rings. The van der Waals surface area contributed by atoms with Crippen molar-refractivity contribution < 1.29 is 0 Å². The fourth-order valence-corrected chi connectivity index (χ4v) is 2.53. The minimum Gasteiger partial charge on any atom is -0.300 e. The van der Waals surface area contributed by atoms with E-state index >= 15 is 0 Å². The van der Waals surface area contributed by atoms with Gasteiger partial charge in [0.1, 0.15) is 0 Å². The molecule has 100 valence electrons. The Morgan fingerprint density at radius 2 is 1.78 bits per heavy atom. The Balaban J connectivity index is 1.77. The van der Waals surface area contributed by atoms with Crippen LogP contribution < -0.4 is 0 Å². The number of nitrogens with zero attached hydrogens (tertiary/aromatic N) is 3. The SMILES string of the molecule is CC(C)(C)CN1CCN(Cc2cccnc2)CC1. The summed E-state index contributed by atoms with van der Waals surface area (Å²) in [6.07, 6.45) is 3.81. The van der Waals surface area contributed by atoms with Crippen molar-refractivity contribution in [3.8, 4) is 0 Å². The molecule has 0 aliphatic carbocycles. The lowest BCUT2D eigenvalue weighted by molar-refractivity contribution is 0.0983. The Bertz CT molecular complexity index is 348. The molecule has 0 amide bonds. The summed E-state index contributed by atoms with van der Waals surface area (Å²) < 4.78 is 0. The van der Waals surface area contributed by atoms with E-state index in [1.807, 2.05) is 18.5 Å². The van der Waals surface area contributed by atoms with Gasteiger partial charge in [-0.25, -0.2) is 0 Å². The Labute approximate surface area is 111 Å². The standard InChI is InChI=1S/C15H25N3/c1-15(2,3)13-18-9-7-17(8-10-18)12-14-5-4-6-16-11-14/h4-6,11H,7-10,12-13H2,1-3H3. The molecule has 1 saturated heterocycles. The first-order valence-electron chi connectivity index (χ1n) is 6.86. The van der Waals surface area contributed by atoms with Gasteiger partial charge < -0.3 is 4.90 Å². The van der Waals surface area contributed by atoms with Crippen molar-refractivity contribution in [2.45, 2.75) is 27.3 Å². The van der Waals surface area contributed by atoms with Crippen LogP contribution in [0.1, 0.15) is 26.3 Å². The van der Waals surface area contributed by atoms with E-state index in [1.165, 1.54) is 38.3 Å². The number of aromatic nitrogens is 1. The number of hydrogen-bond donors (Lipinski definition) is 0. The van der Waals surface area contributed by atoms with Gasteiger partial charge in [0, 0.05) is 51.7 Å². The molecule has 18 heavy (non-hydrogen) atoms. The van der Waals surface area contributed by atoms with Crippen LogP contribution in [0.5, 0.6) is 0 Å². The molecule has 0 N–H and O–H groups in total. The molecule has 1 aromatic heterocycles. The Hall–Kier alpha value is -0.930. The maximum absolute atomic E-state index is 4.18. The topological polar surface area (TPSA) is 19.4 Å². The van der Waals surface area contributed by atoms with Crippen molar-refractivity contribution in [1.29, 1.82) is 0 Å². The maximum Gasteiger partial charge on any atom is 0.0312 e. The van der Waals surface area contributed by atoms with Crippen LogP contribution in [0.4, 0.5) is 0 Å². The molecule has 0 bridgehead atoms. The largest absolute Gasteiger partial charge is 0.300 e. The minimum atomic E-state index is 0.408. The average Bonchev–Trinajstić information content (AvgIpc) is 2.31. The van der Waals surface area contributed by atoms with Gasteiger partial charge in [0.05, 0.1) is 0 Å². The predicted octanol–water partition coefficient (Wildman–Crippen LogP) is 2.25. The molecule has 3 heteroatoms. The maximum atomic E-state index is 4.18. The summed E-state index contributed by atoms with van der Waals surface area (Å²) in [6, 6.07) is 4.18. The third-order valence-electron chi connectivity index (χ3n) is 3.29. The van der Waals surface area contributed by atoms with Gasteiger partial charge >= 0.3 is 0 Å². The van der Waals surface area contributed by atoms with Gasteiger partial charge in [-0.15, -0.1) is 0 Å². The van der Waals surface area contributed by atoms with Crippen LogP contribution in [0.15, 0.2) is 24.5 Å². The van der Waals surface area contributed by atoms with Gasteiger partial charge in [0.15, 0.2) is 0 Å². The van der Waals surface area contributed by atoms with Crippen molar-refractivity contribution in [1.82, 2.24) is 14.8 Å². The van der Waals surface area contributed by atoms with Crippen molar-refractivity contribution >= 4 is 0 Å². The van der Waals surface area contributed by atoms with Crippen molar-refractivity contribution in [3.05, 3.63) is 30.1 Å². The highest BCUT2D eigenvalue weighted by atomic mass is 15.3. The van der Waals surface area contributed by atoms with Crippen LogP contribution >= 0.6 is 0 Å².